The SMILES string of the molecule is CC(C(=O)O)N(C(=O)Cn1ccccc1=O)C1CC1. The summed E-state index contributed by atoms with van der Waals surface area (Å²) in [5.41, 5.74) is -0.269. The zero-order chi connectivity index (χ0) is 14.0. The molecule has 1 aromatic heterocycles. The summed E-state index contributed by atoms with van der Waals surface area (Å²) < 4.78 is 1.28. The van der Waals surface area contributed by atoms with E-state index >= 15 is 0 Å². The summed E-state index contributed by atoms with van der Waals surface area (Å²) in [5, 5.41) is 9.04. The van der Waals surface area contributed by atoms with Crippen molar-refractivity contribution in [1.82, 2.24) is 9.47 Å². The van der Waals surface area contributed by atoms with Gasteiger partial charge >= 0.3 is 5.97 Å². The van der Waals surface area contributed by atoms with Crippen molar-refractivity contribution >= 4 is 11.9 Å². The van der Waals surface area contributed by atoms with E-state index in [0.29, 0.717) is 0 Å². The lowest BCUT2D eigenvalue weighted by Crippen LogP contribution is -2.46. The molecule has 1 heterocycles. The second kappa shape index (κ2) is 5.26. The Bertz CT molecular complexity index is 548. The van der Waals surface area contributed by atoms with Crippen molar-refractivity contribution in [3.63, 3.8) is 0 Å². The zero-order valence-electron chi connectivity index (χ0n) is 10.7. The molecule has 1 saturated carbocycles. The largest absolute Gasteiger partial charge is 0.480 e. The number of carbonyl (C=O) groups excluding carboxylic acids is 1. The minimum atomic E-state index is -1.03. The molecule has 0 saturated heterocycles. The van der Waals surface area contributed by atoms with Gasteiger partial charge in [-0.1, -0.05) is 6.07 Å². The third kappa shape index (κ3) is 3.01. The van der Waals surface area contributed by atoms with Gasteiger partial charge in [0, 0.05) is 18.3 Å². The minimum absolute atomic E-state index is 0.00184. The standard InChI is InChI=1S/C13H16N2O4/c1-9(13(18)19)15(10-5-6-10)12(17)8-14-7-3-2-4-11(14)16/h2-4,7,9-10H,5-6,8H2,1H3,(H,18,19). The second-order valence-corrected chi connectivity index (χ2v) is 4.71. The highest BCUT2D eigenvalue weighted by molar-refractivity contribution is 5.83. The molecule has 0 radical (unpaired) electrons. The maximum absolute atomic E-state index is 12.2. The number of carboxylic acids is 1. The van der Waals surface area contributed by atoms with Crippen molar-refractivity contribution in [2.45, 2.75) is 38.4 Å². The Morgan fingerprint density at radius 2 is 2.16 bits per heavy atom. The highest BCUT2D eigenvalue weighted by Crippen LogP contribution is 2.29. The van der Waals surface area contributed by atoms with Crippen LogP contribution in [0.3, 0.4) is 0 Å². The van der Waals surface area contributed by atoms with E-state index < -0.39 is 12.0 Å². The van der Waals surface area contributed by atoms with Crippen LogP contribution in [0, 0.1) is 0 Å². The fourth-order valence-electron chi connectivity index (χ4n) is 2.03. The van der Waals surface area contributed by atoms with Gasteiger partial charge in [-0.25, -0.2) is 4.79 Å². The molecule has 0 bridgehead atoms. The van der Waals surface area contributed by atoms with Gasteiger partial charge in [0.25, 0.3) is 5.56 Å². The molecule has 1 fully saturated rings. The van der Waals surface area contributed by atoms with E-state index in [1.54, 1.807) is 12.1 Å². The molecule has 2 rings (SSSR count). The Labute approximate surface area is 110 Å². The molecule has 102 valence electrons. The Morgan fingerprint density at radius 3 is 2.68 bits per heavy atom. The molecule has 0 spiro atoms. The number of nitrogens with zero attached hydrogens (tertiary/aromatic N) is 2. The number of rotatable bonds is 5. The normalized spacial score (nSPS) is 15.8. The van der Waals surface area contributed by atoms with Gasteiger partial charge in [0.05, 0.1) is 0 Å². The molecule has 6 nitrogen and oxygen atoms in total. The van der Waals surface area contributed by atoms with Gasteiger partial charge in [-0.2, -0.15) is 0 Å². The van der Waals surface area contributed by atoms with Gasteiger partial charge in [-0.15, -0.1) is 0 Å². The minimum Gasteiger partial charge on any atom is -0.480 e. The number of aliphatic carboxylic acids is 1. The van der Waals surface area contributed by atoms with E-state index in [0.717, 1.165) is 12.8 Å². The molecule has 0 aliphatic heterocycles. The van der Waals surface area contributed by atoms with Crippen LogP contribution in [0.15, 0.2) is 29.2 Å². The lowest BCUT2D eigenvalue weighted by Gasteiger charge is -2.26. The van der Waals surface area contributed by atoms with E-state index in [-0.39, 0.29) is 24.1 Å². The number of carbonyl (C=O) groups is 2. The summed E-state index contributed by atoms with van der Waals surface area (Å²) in [6.45, 7) is 1.38. The quantitative estimate of drug-likeness (QED) is 0.830. The van der Waals surface area contributed by atoms with Gasteiger partial charge in [0.1, 0.15) is 12.6 Å². The number of hydrogen-bond donors (Lipinski definition) is 1. The van der Waals surface area contributed by atoms with Gasteiger partial charge in [0.15, 0.2) is 0 Å². The highest BCUT2D eigenvalue weighted by atomic mass is 16.4. The first-order chi connectivity index (χ1) is 9.00. The van der Waals surface area contributed by atoms with E-state index in [9.17, 15) is 14.4 Å². The van der Waals surface area contributed by atoms with Crippen LogP contribution in [0.25, 0.3) is 0 Å². The van der Waals surface area contributed by atoms with Gasteiger partial charge in [-0.05, 0) is 25.8 Å². The maximum atomic E-state index is 12.2. The summed E-state index contributed by atoms with van der Waals surface area (Å²) >= 11 is 0. The van der Waals surface area contributed by atoms with Crippen LogP contribution in [-0.4, -0.2) is 38.5 Å². The molecule has 1 atom stereocenters. The van der Waals surface area contributed by atoms with Crippen LogP contribution in [0.4, 0.5) is 0 Å². The summed E-state index contributed by atoms with van der Waals surface area (Å²) in [4.78, 5) is 36.1. The number of amides is 1. The molecule has 1 aromatic rings. The number of carboxylic acid groups (broad SMARTS) is 1. The molecule has 1 aliphatic carbocycles. The summed E-state index contributed by atoms with van der Waals surface area (Å²) in [5.74, 6) is -1.36. The van der Waals surface area contributed by atoms with Crippen molar-refractivity contribution in [2.75, 3.05) is 0 Å². The lowest BCUT2D eigenvalue weighted by atomic mass is 10.2. The molecule has 0 aromatic carbocycles. The maximum Gasteiger partial charge on any atom is 0.326 e. The van der Waals surface area contributed by atoms with Crippen LogP contribution in [-0.2, 0) is 16.1 Å². The van der Waals surface area contributed by atoms with Gasteiger partial charge < -0.3 is 14.6 Å². The summed E-state index contributed by atoms with van der Waals surface area (Å²) in [6, 6.07) is 3.77. The molecule has 1 aliphatic rings. The Balaban J connectivity index is 2.15. The number of pyridine rings is 1. The van der Waals surface area contributed by atoms with Gasteiger partial charge in [0.2, 0.25) is 5.91 Å². The van der Waals surface area contributed by atoms with Crippen molar-refractivity contribution in [2.24, 2.45) is 0 Å². The first-order valence-corrected chi connectivity index (χ1v) is 6.20. The van der Waals surface area contributed by atoms with Gasteiger partial charge in [-0.3, -0.25) is 9.59 Å². The monoisotopic (exact) mass is 264 g/mol. The highest BCUT2D eigenvalue weighted by Gasteiger charge is 2.38. The smallest absolute Gasteiger partial charge is 0.326 e. The Hall–Kier alpha value is -2.11. The lowest BCUT2D eigenvalue weighted by molar-refractivity contribution is -0.150. The van der Waals surface area contributed by atoms with Crippen molar-refractivity contribution in [3.8, 4) is 0 Å². The molecular weight excluding hydrogens is 248 g/mol. The first-order valence-electron chi connectivity index (χ1n) is 6.20. The number of aromatic nitrogens is 1. The third-order valence-corrected chi connectivity index (χ3v) is 3.21. The fourth-order valence-corrected chi connectivity index (χ4v) is 2.03. The predicted octanol–water partition coefficient (Wildman–Crippen LogP) is 0.312. The average Bonchev–Trinajstić information content (AvgIpc) is 3.16. The van der Waals surface area contributed by atoms with E-state index in [1.165, 1.54) is 28.7 Å². The van der Waals surface area contributed by atoms with Crippen LogP contribution in [0.5, 0.6) is 0 Å². The number of hydrogen-bond acceptors (Lipinski definition) is 3. The molecule has 1 N–H and O–H groups in total. The molecule has 19 heavy (non-hydrogen) atoms. The van der Waals surface area contributed by atoms with E-state index in [1.807, 2.05) is 0 Å². The fraction of sp³-hybridized carbons (Fsp3) is 0.462. The molecule has 1 amide bonds. The Kier molecular flexibility index (Phi) is 3.69. The molecule has 6 heteroatoms. The first kappa shape index (κ1) is 13.3. The van der Waals surface area contributed by atoms with Crippen molar-refractivity contribution in [3.05, 3.63) is 34.7 Å². The van der Waals surface area contributed by atoms with Crippen LogP contribution in [0.1, 0.15) is 19.8 Å². The average molecular weight is 264 g/mol. The Morgan fingerprint density at radius 1 is 1.47 bits per heavy atom. The molecule has 1 unspecified atom stereocenters. The molecular formula is C13H16N2O4. The summed E-state index contributed by atoms with van der Waals surface area (Å²) in [6.07, 6.45) is 3.18. The van der Waals surface area contributed by atoms with Crippen LogP contribution in [0.2, 0.25) is 0 Å². The second-order valence-electron chi connectivity index (χ2n) is 4.71. The third-order valence-electron chi connectivity index (χ3n) is 3.21. The van der Waals surface area contributed by atoms with Crippen LogP contribution >= 0.6 is 0 Å². The van der Waals surface area contributed by atoms with E-state index in [2.05, 4.69) is 0 Å². The zero-order valence-corrected chi connectivity index (χ0v) is 10.7. The topological polar surface area (TPSA) is 79.6 Å². The van der Waals surface area contributed by atoms with Crippen LogP contribution < -0.4 is 5.56 Å². The van der Waals surface area contributed by atoms with Crippen molar-refractivity contribution in [1.29, 1.82) is 0 Å². The predicted molar refractivity (Wildman–Crippen MR) is 67.7 cm³/mol. The summed E-state index contributed by atoms with van der Waals surface area (Å²) in [7, 11) is 0. The van der Waals surface area contributed by atoms with E-state index in [4.69, 9.17) is 5.11 Å². The van der Waals surface area contributed by atoms with Crippen molar-refractivity contribution < 1.29 is 14.7 Å².